The molecule has 0 aliphatic rings. The zero-order chi connectivity index (χ0) is 15.2. The average molecular weight is 303 g/mol. The fraction of sp³-hybridized carbons (Fsp3) is 0.333. The van der Waals surface area contributed by atoms with Gasteiger partial charge in [-0.1, -0.05) is 48.0 Å². The molecule has 0 heterocycles. The Morgan fingerprint density at radius 3 is 2.48 bits per heavy atom. The maximum absolute atomic E-state index is 6.04. The van der Waals surface area contributed by atoms with Crippen LogP contribution in [-0.2, 0) is 6.42 Å². The molecule has 3 heteroatoms. The molecule has 0 bridgehead atoms. The largest absolute Gasteiger partial charge is 0.329 e. The minimum absolute atomic E-state index is 0.228. The summed E-state index contributed by atoms with van der Waals surface area (Å²) in [6.45, 7) is 3.68. The highest BCUT2D eigenvalue weighted by molar-refractivity contribution is 6.30. The third-order valence-corrected chi connectivity index (χ3v) is 4.18. The minimum Gasteiger partial charge on any atom is -0.329 e. The summed E-state index contributed by atoms with van der Waals surface area (Å²) in [7, 11) is 2.13. The topological polar surface area (TPSA) is 29.3 Å². The summed E-state index contributed by atoms with van der Waals surface area (Å²) in [5.41, 5.74) is 9.82. The normalized spacial score (nSPS) is 12.6. The van der Waals surface area contributed by atoms with Gasteiger partial charge in [0.25, 0.3) is 0 Å². The maximum atomic E-state index is 6.04. The van der Waals surface area contributed by atoms with Gasteiger partial charge in [0.1, 0.15) is 0 Å². The van der Waals surface area contributed by atoms with E-state index in [0.717, 1.165) is 18.0 Å². The number of benzene rings is 2. The van der Waals surface area contributed by atoms with Crippen molar-refractivity contribution in [2.45, 2.75) is 19.4 Å². The van der Waals surface area contributed by atoms with Crippen molar-refractivity contribution in [3.8, 4) is 0 Å². The first kappa shape index (κ1) is 16.0. The molecule has 2 aromatic rings. The van der Waals surface area contributed by atoms with E-state index in [0.29, 0.717) is 6.54 Å². The number of halogens is 1. The van der Waals surface area contributed by atoms with Gasteiger partial charge < -0.3 is 5.73 Å². The van der Waals surface area contributed by atoms with E-state index < -0.39 is 0 Å². The Hall–Kier alpha value is -1.35. The molecule has 21 heavy (non-hydrogen) atoms. The first-order valence-electron chi connectivity index (χ1n) is 7.32. The van der Waals surface area contributed by atoms with E-state index in [9.17, 15) is 0 Å². The van der Waals surface area contributed by atoms with Crippen LogP contribution in [-0.4, -0.2) is 25.0 Å². The smallest absolute Gasteiger partial charge is 0.0470 e. The van der Waals surface area contributed by atoms with Crippen molar-refractivity contribution >= 4 is 11.6 Å². The summed E-state index contributed by atoms with van der Waals surface area (Å²) < 4.78 is 0. The molecule has 1 atom stereocenters. The molecule has 2 rings (SSSR count). The van der Waals surface area contributed by atoms with E-state index in [1.807, 2.05) is 18.2 Å². The Morgan fingerprint density at radius 2 is 1.86 bits per heavy atom. The number of hydrogen-bond donors (Lipinski definition) is 1. The Bertz CT molecular complexity index is 569. The third-order valence-electron chi connectivity index (χ3n) is 3.94. The monoisotopic (exact) mass is 302 g/mol. The van der Waals surface area contributed by atoms with Crippen molar-refractivity contribution in [1.29, 1.82) is 0 Å². The summed E-state index contributed by atoms with van der Waals surface area (Å²) in [5.74, 6) is 0. The zero-order valence-electron chi connectivity index (χ0n) is 12.7. The quantitative estimate of drug-likeness (QED) is 0.879. The first-order chi connectivity index (χ1) is 10.1. The van der Waals surface area contributed by atoms with Crippen LogP contribution in [0.2, 0.25) is 5.02 Å². The Labute approximate surface area is 132 Å². The molecule has 0 aliphatic carbocycles. The second kappa shape index (κ2) is 7.60. The molecular weight excluding hydrogens is 280 g/mol. The van der Waals surface area contributed by atoms with Crippen LogP contribution in [0.3, 0.4) is 0 Å². The van der Waals surface area contributed by atoms with Crippen molar-refractivity contribution in [2.75, 3.05) is 20.1 Å². The molecule has 0 spiro atoms. The van der Waals surface area contributed by atoms with Crippen molar-refractivity contribution in [1.82, 2.24) is 4.90 Å². The van der Waals surface area contributed by atoms with Gasteiger partial charge >= 0.3 is 0 Å². The van der Waals surface area contributed by atoms with Gasteiger partial charge in [-0.3, -0.25) is 4.90 Å². The van der Waals surface area contributed by atoms with Gasteiger partial charge in [0.05, 0.1) is 0 Å². The highest BCUT2D eigenvalue weighted by Gasteiger charge is 2.17. The van der Waals surface area contributed by atoms with Crippen molar-refractivity contribution < 1.29 is 0 Å². The fourth-order valence-corrected chi connectivity index (χ4v) is 2.89. The summed E-state index contributed by atoms with van der Waals surface area (Å²) in [4.78, 5) is 2.32. The SMILES string of the molecule is Cc1cc(Cl)ccc1C(CN)N(C)CCc1ccccc1. The molecule has 0 fully saturated rings. The van der Waals surface area contributed by atoms with Crippen molar-refractivity contribution in [3.63, 3.8) is 0 Å². The van der Waals surface area contributed by atoms with Gasteiger partial charge in [-0.15, -0.1) is 0 Å². The van der Waals surface area contributed by atoms with Crippen LogP contribution in [0.5, 0.6) is 0 Å². The lowest BCUT2D eigenvalue weighted by Gasteiger charge is -2.28. The lowest BCUT2D eigenvalue weighted by molar-refractivity contribution is 0.252. The van der Waals surface area contributed by atoms with Gasteiger partial charge in [0.15, 0.2) is 0 Å². The van der Waals surface area contributed by atoms with Gasteiger partial charge in [0.2, 0.25) is 0 Å². The van der Waals surface area contributed by atoms with E-state index in [2.05, 4.69) is 49.2 Å². The summed E-state index contributed by atoms with van der Waals surface area (Å²) in [5, 5.41) is 0.777. The van der Waals surface area contributed by atoms with Crippen LogP contribution in [0, 0.1) is 6.92 Å². The molecule has 112 valence electrons. The van der Waals surface area contributed by atoms with Crippen LogP contribution < -0.4 is 5.73 Å². The molecule has 1 unspecified atom stereocenters. The molecule has 0 saturated carbocycles. The molecule has 2 aromatic carbocycles. The molecule has 0 amide bonds. The number of hydrogen-bond acceptors (Lipinski definition) is 2. The average Bonchev–Trinajstić information content (AvgIpc) is 2.49. The lowest BCUT2D eigenvalue weighted by atomic mass is 10.00. The van der Waals surface area contributed by atoms with Crippen molar-refractivity contribution in [3.05, 3.63) is 70.2 Å². The van der Waals surface area contributed by atoms with E-state index >= 15 is 0 Å². The predicted molar refractivity (Wildman–Crippen MR) is 90.8 cm³/mol. The molecule has 0 saturated heterocycles. The molecule has 2 N–H and O–H groups in total. The number of likely N-dealkylation sites (N-methyl/N-ethyl adjacent to an activating group) is 1. The minimum atomic E-state index is 0.228. The Kier molecular flexibility index (Phi) is 5.80. The van der Waals surface area contributed by atoms with Crippen LogP contribution in [0.1, 0.15) is 22.7 Å². The third kappa shape index (κ3) is 4.31. The predicted octanol–water partition coefficient (Wildman–Crippen LogP) is 3.82. The Balaban J connectivity index is 2.06. The van der Waals surface area contributed by atoms with Crippen LogP contribution in [0.4, 0.5) is 0 Å². The van der Waals surface area contributed by atoms with Crippen LogP contribution in [0.15, 0.2) is 48.5 Å². The van der Waals surface area contributed by atoms with Crippen LogP contribution >= 0.6 is 11.6 Å². The number of nitrogens with zero attached hydrogens (tertiary/aromatic N) is 1. The highest BCUT2D eigenvalue weighted by atomic mass is 35.5. The summed E-state index contributed by atoms with van der Waals surface area (Å²) >= 11 is 6.04. The summed E-state index contributed by atoms with van der Waals surface area (Å²) in [6.07, 6.45) is 1.03. The first-order valence-corrected chi connectivity index (χ1v) is 7.70. The Morgan fingerprint density at radius 1 is 1.14 bits per heavy atom. The van der Waals surface area contributed by atoms with E-state index in [4.69, 9.17) is 17.3 Å². The van der Waals surface area contributed by atoms with Gasteiger partial charge in [-0.25, -0.2) is 0 Å². The number of nitrogens with two attached hydrogens (primary N) is 1. The van der Waals surface area contributed by atoms with E-state index in [1.54, 1.807) is 0 Å². The van der Waals surface area contributed by atoms with Gasteiger partial charge in [0, 0.05) is 24.2 Å². The lowest BCUT2D eigenvalue weighted by Crippen LogP contribution is -2.32. The fourth-order valence-electron chi connectivity index (χ4n) is 2.66. The molecule has 0 aliphatic heterocycles. The number of rotatable bonds is 6. The molecular formula is C18H23ClN2. The molecule has 2 nitrogen and oxygen atoms in total. The zero-order valence-corrected chi connectivity index (χ0v) is 13.5. The van der Waals surface area contributed by atoms with Crippen molar-refractivity contribution in [2.24, 2.45) is 5.73 Å². The maximum Gasteiger partial charge on any atom is 0.0470 e. The van der Waals surface area contributed by atoms with E-state index in [-0.39, 0.29) is 6.04 Å². The second-order valence-electron chi connectivity index (χ2n) is 5.47. The van der Waals surface area contributed by atoms with Gasteiger partial charge in [-0.2, -0.15) is 0 Å². The van der Waals surface area contributed by atoms with Crippen LogP contribution in [0.25, 0.3) is 0 Å². The molecule has 0 aromatic heterocycles. The van der Waals surface area contributed by atoms with Gasteiger partial charge in [-0.05, 0) is 49.2 Å². The standard InChI is InChI=1S/C18H23ClN2/c1-14-12-16(19)8-9-17(14)18(13-20)21(2)11-10-15-6-4-3-5-7-15/h3-9,12,18H,10-11,13,20H2,1-2H3. The number of aryl methyl sites for hydroxylation is 1. The molecule has 0 radical (unpaired) electrons. The van der Waals surface area contributed by atoms with E-state index in [1.165, 1.54) is 16.7 Å². The highest BCUT2D eigenvalue weighted by Crippen LogP contribution is 2.24. The second-order valence-corrected chi connectivity index (χ2v) is 5.91. The summed E-state index contributed by atoms with van der Waals surface area (Å²) in [6, 6.07) is 16.8.